The van der Waals surface area contributed by atoms with Crippen molar-refractivity contribution >= 4 is 5.91 Å². The van der Waals surface area contributed by atoms with Crippen LogP contribution < -0.4 is 10.1 Å². The highest BCUT2D eigenvalue weighted by atomic mass is 16.5. The molecule has 20 heavy (non-hydrogen) atoms. The van der Waals surface area contributed by atoms with Crippen molar-refractivity contribution in [2.45, 2.75) is 0 Å². The maximum Gasteiger partial charge on any atom is 0.252 e. The van der Waals surface area contributed by atoms with Crippen LogP contribution in [0.1, 0.15) is 10.4 Å². The monoisotopic (exact) mass is 272 g/mol. The Kier molecular flexibility index (Phi) is 5.08. The van der Waals surface area contributed by atoms with E-state index >= 15 is 0 Å². The molecule has 0 unspecified atom stereocenters. The number of rotatable bonds is 6. The molecule has 0 spiro atoms. The van der Waals surface area contributed by atoms with Crippen molar-refractivity contribution in [3.63, 3.8) is 0 Å². The van der Waals surface area contributed by atoms with Gasteiger partial charge in [-0.1, -0.05) is 18.2 Å². The fraction of sp³-hybridized carbons (Fsp3) is 0.200. The lowest BCUT2D eigenvalue weighted by Gasteiger charge is -2.06. The maximum atomic E-state index is 11.7. The molecule has 1 amide bonds. The average Bonchev–Trinajstić information content (AvgIpc) is 2.49. The van der Waals surface area contributed by atoms with Crippen LogP contribution in [0.2, 0.25) is 0 Å². The number of nitrogens with one attached hydrogen (secondary N) is 1. The number of hydrogen-bond donors (Lipinski definition) is 1. The first-order valence-corrected chi connectivity index (χ1v) is 6.25. The summed E-state index contributed by atoms with van der Waals surface area (Å²) in [5.74, 6) is 0.975. The number of carbonyl (C=O) groups is 1. The van der Waals surface area contributed by atoms with Crippen LogP contribution in [0.5, 0.6) is 11.6 Å². The molecule has 1 aromatic carbocycles. The van der Waals surface area contributed by atoms with Gasteiger partial charge in [0.2, 0.25) is 5.88 Å². The Labute approximate surface area is 117 Å². The van der Waals surface area contributed by atoms with Crippen molar-refractivity contribution in [2.24, 2.45) is 0 Å². The molecule has 2 aromatic rings. The molecule has 2 rings (SSSR count). The predicted molar refractivity (Wildman–Crippen MR) is 75.0 cm³/mol. The Bertz CT molecular complexity index is 541. The number of hydrogen-bond acceptors (Lipinski definition) is 4. The van der Waals surface area contributed by atoms with E-state index in [1.54, 1.807) is 19.2 Å². The quantitative estimate of drug-likeness (QED) is 0.819. The molecular formula is C15H16N2O3. The molecule has 0 saturated heterocycles. The molecule has 104 valence electrons. The van der Waals surface area contributed by atoms with Gasteiger partial charge in [-0.15, -0.1) is 0 Å². The zero-order chi connectivity index (χ0) is 14.2. The lowest BCUT2D eigenvalue weighted by Crippen LogP contribution is -2.26. The number of aromatic nitrogens is 1. The lowest BCUT2D eigenvalue weighted by atomic mass is 10.2. The number of benzene rings is 1. The van der Waals surface area contributed by atoms with Crippen LogP contribution in [0, 0.1) is 0 Å². The second-order valence-corrected chi connectivity index (χ2v) is 4.05. The summed E-state index contributed by atoms with van der Waals surface area (Å²) < 4.78 is 10.4. The Morgan fingerprint density at radius 1 is 1.20 bits per heavy atom. The van der Waals surface area contributed by atoms with Crippen molar-refractivity contribution in [1.82, 2.24) is 10.3 Å². The summed E-state index contributed by atoms with van der Waals surface area (Å²) in [6, 6.07) is 12.7. The summed E-state index contributed by atoms with van der Waals surface area (Å²) in [5, 5.41) is 2.72. The highest BCUT2D eigenvalue weighted by Crippen LogP contribution is 2.18. The summed E-state index contributed by atoms with van der Waals surface area (Å²) in [6.45, 7) is 0.950. The number of ether oxygens (including phenoxy) is 2. The van der Waals surface area contributed by atoms with Crippen molar-refractivity contribution in [2.75, 3.05) is 20.3 Å². The average molecular weight is 272 g/mol. The van der Waals surface area contributed by atoms with Crippen LogP contribution in [0.3, 0.4) is 0 Å². The van der Waals surface area contributed by atoms with Gasteiger partial charge in [-0.3, -0.25) is 4.79 Å². The topological polar surface area (TPSA) is 60.5 Å². The van der Waals surface area contributed by atoms with Gasteiger partial charge in [-0.05, 0) is 18.2 Å². The molecule has 5 heteroatoms. The SMILES string of the molecule is COCCNC(=O)c1ccc(Oc2ccccc2)nc1. The summed E-state index contributed by atoms with van der Waals surface area (Å²) in [6.07, 6.45) is 1.49. The largest absolute Gasteiger partial charge is 0.439 e. The molecule has 1 aromatic heterocycles. The van der Waals surface area contributed by atoms with E-state index in [0.717, 1.165) is 0 Å². The van der Waals surface area contributed by atoms with Crippen molar-refractivity contribution in [1.29, 1.82) is 0 Å². The van der Waals surface area contributed by atoms with E-state index in [1.165, 1.54) is 6.20 Å². The molecule has 0 aliphatic heterocycles. The third-order valence-electron chi connectivity index (χ3n) is 2.56. The highest BCUT2D eigenvalue weighted by Gasteiger charge is 2.06. The third kappa shape index (κ3) is 4.07. The third-order valence-corrected chi connectivity index (χ3v) is 2.56. The van der Waals surface area contributed by atoms with E-state index in [0.29, 0.717) is 30.3 Å². The Morgan fingerprint density at radius 3 is 2.65 bits per heavy atom. The van der Waals surface area contributed by atoms with Gasteiger partial charge in [0, 0.05) is 25.9 Å². The number of para-hydroxylation sites is 1. The van der Waals surface area contributed by atoms with Crippen LogP contribution >= 0.6 is 0 Å². The van der Waals surface area contributed by atoms with E-state index in [1.807, 2.05) is 30.3 Å². The van der Waals surface area contributed by atoms with Crippen LogP contribution in [-0.4, -0.2) is 31.2 Å². The number of nitrogens with zero attached hydrogens (tertiary/aromatic N) is 1. The van der Waals surface area contributed by atoms with Gasteiger partial charge in [0.1, 0.15) is 5.75 Å². The highest BCUT2D eigenvalue weighted by molar-refractivity contribution is 5.93. The zero-order valence-electron chi connectivity index (χ0n) is 11.2. The molecule has 0 saturated carbocycles. The van der Waals surface area contributed by atoms with Gasteiger partial charge in [0.05, 0.1) is 12.2 Å². The minimum absolute atomic E-state index is 0.180. The summed E-state index contributed by atoms with van der Waals surface area (Å²) >= 11 is 0. The van der Waals surface area contributed by atoms with E-state index in [-0.39, 0.29) is 5.91 Å². The van der Waals surface area contributed by atoms with Gasteiger partial charge in [0.15, 0.2) is 0 Å². The van der Waals surface area contributed by atoms with Gasteiger partial charge in [-0.2, -0.15) is 0 Å². The molecule has 1 N–H and O–H groups in total. The van der Waals surface area contributed by atoms with Crippen molar-refractivity contribution in [3.05, 3.63) is 54.2 Å². The Morgan fingerprint density at radius 2 is 2.00 bits per heavy atom. The standard InChI is InChI=1S/C15H16N2O3/c1-19-10-9-16-15(18)12-7-8-14(17-11-12)20-13-5-3-2-4-6-13/h2-8,11H,9-10H2,1H3,(H,16,18). The fourth-order valence-electron chi connectivity index (χ4n) is 1.55. The first-order valence-electron chi connectivity index (χ1n) is 6.25. The Hall–Kier alpha value is -2.40. The normalized spacial score (nSPS) is 10.1. The number of pyridine rings is 1. The number of methoxy groups -OCH3 is 1. The molecule has 0 aliphatic rings. The minimum atomic E-state index is -0.180. The molecule has 0 fully saturated rings. The van der Waals surface area contributed by atoms with Crippen LogP contribution in [0.25, 0.3) is 0 Å². The zero-order valence-corrected chi connectivity index (χ0v) is 11.2. The smallest absolute Gasteiger partial charge is 0.252 e. The number of carbonyl (C=O) groups excluding carboxylic acids is 1. The van der Waals surface area contributed by atoms with Gasteiger partial charge in [-0.25, -0.2) is 4.98 Å². The van der Waals surface area contributed by atoms with E-state index in [2.05, 4.69) is 10.3 Å². The number of amides is 1. The molecule has 0 bridgehead atoms. The minimum Gasteiger partial charge on any atom is -0.439 e. The van der Waals surface area contributed by atoms with Gasteiger partial charge < -0.3 is 14.8 Å². The van der Waals surface area contributed by atoms with Crippen molar-refractivity contribution < 1.29 is 14.3 Å². The van der Waals surface area contributed by atoms with Gasteiger partial charge in [0.25, 0.3) is 5.91 Å². The van der Waals surface area contributed by atoms with Crippen LogP contribution in [-0.2, 0) is 4.74 Å². The predicted octanol–water partition coefficient (Wildman–Crippen LogP) is 2.25. The molecule has 0 atom stereocenters. The van der Waals surface area contributed by atoms with Gasteiger partial charge >= 0.3 is 0 Å². The molecule has 0 aliphatic carbocycles. The van der Waals surface area contributed by atoms with E-state index in [4.69, 9.17) is 9.47 Å². The van der Waals surface area contributed by atoms with Crippen LogP contribution in [0.4, 0.5) is 0 Å². The first kappa shape index (κ1) is 14.0. The van der Waals surface area contributed by atoms with E-state index in [9.17, 15) is 4.79 Å². The maximum absolute atomic E-state index is 11.7. The first-order chi connectivity index (χ1) is 9.79. The van der Waals surface area contributed by atoms with E-state index < -0.39 is 0 Å². The lowest BCUT2D eigenvalue weighted by molar-refractivity contribution is 0.0936. The molecule has 5 nitrogen and oxygen atoms in total. The second kappa shape index (κ2) is 7.25. The molecule has 0 radical (unpaired) electrons. The summed E-state index contributed by atoms with van der Waals surface area (Å²) in [4.78, 5) is 15.9. The summed E-state index contributed by atoms with van der Waals surface area (Å²) in [7, 11) is 1.59. The fourth-order valence-corrected chi connectivity index (χ4v) is 1.55. The second-order valence-electron chi connectivity index (χ2n) is 4.05. The summed E-state index contributed by atoms with van der Waals surface area (Å²) in [5.41, 5.74) is 0.488. The van der Waals surface area contributed by atoms with Crippen molar-refractivity contribution in [3.8, 4) is 11.6 Å². The Balaban J connectivity index is 1.94. The molecule has 1 heterocycles. The molecular weight excluding hydrogens is 256 g/mol. The van der Waals surface area contributed by atoms with Crippen LogP contribution in [0.15, 0.2) is 48.7 Å².